The molecule has 2 atom stereocenters. The van der Waals surface area contributed by atoms with Crippen molar-refractivity contribution < 1.29 is 18.8 Å². The monoisotopic (exact) mass is 441 g/mol. The summed E-state index contributed by atoms with van der Waals surface area (Å²) in [6.07, 6.45) is 6.60. The molecule has 0 spiro atoms. The molecule has 0 aromatic carbocycles. The standard InChI is InChI=1S/C24H47NO4Si/c1-17(2)30(18(3)4,19(5)6)29-22(16-26)21(15-20-13-11-10-12-14-20)25-23(27)28-24(7,8)9/h16-22H,10-15H2,1-9H3,(H,25,27)/t21-,22-/m0/s1. The highest BCUT2D eigenvalue weighted by atomic mass is 28.4. The lowest BCUT2D eigenvalue weighted by atomic mass is 9.84. The van der Waals surface area contributed by atoms with E-state index < -0.39 is 26.1 Å². The summed E-state index contributed by atoms with van der Waals surface area (Å²) >= 11 is 0. The molecule has 0 saturated heterocycles. The van der Waals surface area contributed by atoms with Gasteiger partial charge in [-0.3, -0.25) is 0 Å². The lowest BCUT2D eigenvalue weighted by molar-refractivity contribution is -0.115. The number of rotatable bonds is 10. The Morgan fingerprint density at radius 3 is 1.90 bits per heavy atom. The molecule has 30 heavy (non-hydrogen) atoms. The minimum absolute atomic E-state index is 0.358. The Kier molecular flexibility index (Phi) is 10.5. The third kappa shape index (κ3) is 7.67. The Morgan fingerprint density at radius 1 is 1.00 bits per heavy atom. The van der Waals surface area contributed by atoms with E-state index in [-0.39, 0.29) is 6.04 Å². The van der Waals surface area contributed by atoms with Crippen LogP contribution in [0.15, 0.2) is 0 Å². The van der Waals surface area contributed by atoms with Crippen LogP contribution in [0.3, 0.4) is 0 Å². The predicted octanol–water partition coefficient (Wildman–Crippen LogP) is 6.61. The summed E-state index contributed by atoms with van der Waals surface area (Å²) in [6.45, 7) is 18.8. The number of carbonyl (C=O) groups is 2. The first-order chi connectivity index (χ1) is 13.8. The smallest absolute Gasteiger partial charge is 0.407 e. The van der Waals surface area contributed by atoms with Crippen molar-refractivity contribution in [2.45, 2.75) is 135 Å². The van der Waals surface area contributed by atoms with Crippen LogP contribution in [-0.4, -0.2) is 38.4 Å². The first kappa shape index (κ1) is 27.2. The molecule has 0 unspecified atom stereocenters. The SMILES string of the molecule is CC(C)[Si](O[C@@H](C=O)[C@H](CC1CCCCC1)NC(=O)OC(C)(C)C)(C(C)C)C(C)C. The molecule has 176 valence electrons. The van der Waals surface area contributed by atoms with Crippen LogP contribution in [0.5, 0.6) is 0 Å². The second-order valence-electron chi connectivity index (χ2n) is 11.0. The van der Waals surface area contributed by atoms with Gasteiger partial charge in [0.15, 0.2) is 0 Å². The quantitative estimate of drug-likeness (QED) is 0.306. The van der Waals surface area contributed by atoms with Gasteiger partial charge < -0.3 is 19.3 Å². The Balaban J connectivity index is 3.15. The first-order valence-electron chi connectivity index (χ1n) is 12.0. The van der Waals surface area contributed by atoms with E-state index in [1.807, 2.05) is 20.8 Å². The van der Waals surface area contributed by atoms with E-state index in [9.17, 15) is 9.59 Å². The van der Waals surface area contributed by atoms with Crippen LogP contribution < -0.4 is 5.32 Å². The van der Waals surface area contributed by atoms with Gasteiger partial charge in [0.25, 0.3) is 0 Å². The number of carbonyl (C=O) groups excluding carboxylic acids is 2. The molecule has 5 nitrogen and oxygen atoms in total. The van der Waals surface area contributed by atoms with E-state index in [1.165, 1.54) is 19.3 Å². The van der Waals surface area contributed by atoms with Crippen molar-refractivity contribution in [2.24, 2.45) is 5.92 Å². The Labute approximate surface area is 186 Å². The van der Waals surface area contributed by atoms with Crippen molar-refractivity contribution in [1.29, 1.82) is 0 Å². The topological polar surface area (TPSA) is 64.6 Å². The zero-order valence-electron chi connectivity index (χ0n) is 20.9. The van der Waals surface area contributed by atoms with E-state index >= 15 is 0 Å². The number of amides is 1. The largest absolute Gasteiger partial charge is 0.444 e. The molecule has 1 amide bonds. The summed E-state index contributed by atoms with van der Waals surface area (Å²) in [6, 6.07) is -0.358. The van der Waals surface area contributed by atoms with Gasteiger partial charge in [0, 0.05) is 0 Å². The van der Waals surface area contributed by atoms with Gasteiger partial charge in [-0.1, -0.05) is 73.6 Å². The summed E-state index contributed by atoms with van der Waals surface area (Å²) in [7, 11) is -2.26. The van der Waals surface area contributed by atoms with Gasteiger partial charge in [-0.15, -0.1) is 0 Å². The van der Waals surface area contributed by atoms with Gasteiger partial charge in [0.1, 0.15) is 18.0 Å². The van der Waals surface area contributed by atoms with Crippen LogP contribution in [0.25, 0.3) is 0 Å². The van der Waals surface area contributed by atoms with Gasteiger partial charge >= 0.3 is 6.09 Å². The Bertz CT molecular complexity index is 514. The van der Waals surface area contributed by atoms with Gasteiger partial charge in [-0.05, 0) is 49.7 Å². The molecule has 0 aliphatic heterocycles. The van der Waals surface area contributed by atoms with Crippen LogP contribution in [-0.2, 0) is 14.0 Å². The molecule has 0 radical (unpaired) electrons. The normalized spacial score (nSPS) is 18.5. The van der Waals surface area contributed by atoms with Crippen molar-refractivity contribution in [2.75, 3.05) is 0 Å². The minimum Gasteiger partial charge on any atom is -0.444 e. The van der Waals surface area contributed by atoms with Crippen molar-refractivity contribution >= 4 is 20.7 Å². The van der Waals surface area contributed by atoms with Gasteiger partial charge in [0.05, 0.1) is 6.04 Å². The van der Waals surface area contributed by atoms with E-state index in [1.54, 1.807) is 0 Å². The Hall–Kier alpha value is -0.883. The maximum absolute atomic E-state index is 12.6. The summed E-state index contributed by atoms with van der Waals surface area (Å²) in [5, 5.41) is 3.02. The molecule has 1 N–H and O–H groups in total. The molecule has 0 aromatic heterocycles. The predicted molar refractivity (Wildman–Crippen MR) is 126 cm³/mol. The zero-order chi connectivity index (χ0) is 23.1. The maximum Gasteiger partial charge on any atom is 0.407 e. The molecule has 1 rings (SSSR count). The van der Waals surface area contributed by atoms with Gasteiger partial charge in [-0.25, -0.2) is 4.79 Å². The molecule has 1 saturated carbocycles. The molecule has 6 heteroatoms. The van der Waals surface area contributed by atoms with Crippen LogP contribution in [0.2, 0.25) is 16.6 Å². The van der Waals surface area contributed by atoms with E-state index in [0.29, 0.717) is 22.5 Å². The Morgan fingerprint density at radius 2 is 1.50 bits per heavy atom. The zero-order valence-corrected chi connectivity index (χ0v) is 21.9. The van der Waals surface area contributed by atoms with Crippen molar-refractivity contribution in [3.63, 3.8) is 0 Å². The second-order valence-corrected chi connectivity index (χ2v) is 16.4. The van der Waals surface area contributed by atoms with E-state index in [2.05, 4.69) is 46.9 Å². The van der Waals surface area contributed by atoms with Crippen molar-refractivity contribution in [1.82, 2.24) is 5.32 Å². The molecular formula is C24H47NO4Si. The fraction of sp³-hybridized carbons (Fsp3) is 0.917. The van der Waals surface area contributed by atoms with Crippen molar-refractivity contribution in [3.05, 3.63) is 0 Å². The molecule has 0 heterocycles. The number of aldehydes is 1. The summed E-state index contributed by atoms with van der Waals surface area (Å²) in [4.78, 5) is 24.9. The number of alkyl carbamates (subject to hydrolysis) is 1. The molecular weight excluding hydrogens is 394 g/mol. The van der Waals surface area contributed by atoms with Crippen LogP contribution in [0.4, 0.5) is 4.79 Å². The van der Waals surface area contributed by atoms with Crippen LogP contribution >= 0.6 is 0 Å². The third-order valence-corrected chi connectivity index (χ3v) is 12.7. The summed E-state index contributed by atoms with van der Waals surface area (Å²) in [5.74, 6) is 0.512. The molecule has 1 aliphatic carbocycles. The average Bonchev–Trinajstić information content (AvgIpc) is 2.60. The van der Waals surface area contributed by atoms with Crippen molar-refractivity contribution in [3.8, 4) is 0 Å². The maximum atomic E-state index is 12.6. The number of hydrogen-bond donors (Lipinski definition) is 1. The van der Waals surface area contributed by atoms with Gasteiger partial charge in [0.2, 0.25) is 8.32 Å². The van der Waals surface area contributed by atoms with Crippen LogP contribution in [0, 0.1) is 5.92 Å². The molecule has 0 aromatic rings. The minimum atomic E-state index is -2.26. The summed E-state index contributed by atoms with van der Waals surface area (Å²) < 4.78 is 12.3. The van der Waals surface area contributed by atoms with E-state index in [4.69, 9.17) is 9.16 Å². The number of ether oxygens (including phenoxy) is 1. The highest BCUT2D eigenvalue weighted by Crippen LogP contribution is 2.43. The highest BCUT2D eigenvalue weighted by Gasteiger charge is 2.48. The fourth-order valence-corrected chi connectivity index (χ4v) is 10.9. The highest BCUT2D eigenvalue weighted by molar-refractivity contribution is 6.77. The molecule has 1 aliphatic rings. The van der Waals surface area contributed by atoms with Gasteiger partial charge in [-0.2, -0.15) is 0 Å². The second kappa shape index (κ2) is 11.7. The number of nitrogens with one attached hydrogen (secondary N) is 1. The third-order valence-electron chi connectivity index (χ3n) is 6.59. The lowest BCUT2D eigenvalue weighted by Crippen LogP contribution is -2.56. The summed E-state index contributed by atoms with van der Waals surface area (Å²) in [5.41, 5.74) is 0.536. The van der Waals surface area contributed by atoms with E-state index in [0.717, 1.165) is 25.5 Å². The fourth-order valence-electron chi connectivity index (χ4n) is 5.36. The average molecular weight is 442 g/mol. The van der Waals surface area contributed by atoms with Crippen LogP contribution in [0.1, 0.15) is 101 Å². The molecule has 0 bridgehead atoms. The number of hydrogen-bond acceptors (Lipinski definition) is 4. The molecule has 1 fully saturated rings. The first-order valence-corrected chi connectivity index (χ1v) is 14.1. The lowest BCUT2D eigenvalue weighted by Gasteiger charge is -2.45.